The summed E-state index contributed by atoms with van der Waals surface area (Å²) >= 11 is 0. The van der Waals surface area contributed by atoms with Gasteiger partial charge in [0.1, 0.15) is 0 Å². The van der Waals surface area contributed by atoms with E-state index in [0.717, 1.165) is 11.3 Å². The molecule has 2 amide bonds. The van der Waals surface area contributed by atoms with Crippen molar-refractivity contribution in [3.05, 3.63) is 29.3 Å². The van der Waals surface area contributed by atoms with E-state index in [0.29, 0.717) is 24.8 Å². The Kier molecular flexibility index (Phi) is 3.04. The maximum absolute atomic E-state index is 12.5. The number of carbonyl (C=O) groups excluding carboxylic acids is 3. The van der Waals surface area contributed by atoms with E-state index in [2.05, 4.69) is 10.6 Å². The number of anilines is 1. The summed E-state index contributed by atoms with van der Waals surface area (Å²) in [6.07, 6.45) is 1.34. The summed E-state index contributed by atoms with van der Waals surface area (Å²) in [6.45, 7) is 0. The molecular formula is C15H16N2O3. The first-order valence-electron chi connectivity index (χ1n) is 6.79. The Morgan fingerprint density at radius 1 is 1.20 bits per heavy atom. The van der Waals surface area contributed by atoms with E-state index in [1.165, 1.54) is 0 Å². The highest BCUT2D eigenvalue weighted by atomic mass is 16.2. The highest BCUT2D eigenvalue weighted by Gasteiger charge is 2.42. The monoisotopic (exact) mass is 272 g/mol. The van der Waals surface area contributed by atoms with Crippen LogP contribution in [-0.2, 0) is 16.0 Å². The number of ketones is 1. The van der Waals surface area contributed by atoms with E-state index in [-0.39, 0.29) is 23.5 Å². The van der Waals surface area contributed by atoms with Crippen molar-refractivity contribution in [1.29, 1.82) is 0 Å². The number of fused-ring (bicyclic) bond motifs is 1. The van der Waals surface area contributed by atoms with Gasteiger partial charge in [-0.05, 0) is 24.5 Å². The van der Waals surface area contributed by atoms with E-state index >= 15 is 0 Å². The first-order chi connectivity index (χ1) is 9.61. The Labute approximate surface area is 116 Å². The van der Waals surface area contributed by atoms with Crippen molar-refractivity contribution in [2.75, 3.05) is 12.4 Å². The van der Waals surface area contributed by atoms with Crippen molar-refractivity contribution in [1.82, 2.24) is 5.32 Å². The molecule has 1 saturated heterocycles. The fourth-order valence-electron chi connectivity index (χ4n) is 3.20. The molecule has 20 heavy (non-hydrogen) atoms. The molecule has 0 saturated carbocycles. The Hall–Kier alpha value is -2.17. The zero-order valence-corrected chi connectivity index (χ0v) is 11.2. The van der Waals surface area contributed by atoms with E-state index in [1.807, 2.05) is 25.2 Å². The largest absolute Gasteiger partial charge is 0.388 e. The van der Waals surface area contributed by atoms with Gasteiger partial charge in [-0.25, -0.2) is 0 Å². The smallest absolute Gasteiger partial charge is 0.230 e. The van der Waals surface area contributed by atoms with Crippen LogP contribution in [0, 0.1) is 11.8 Å². The summed E-state index contributed by atoms with van der Waals surface area (Å²) < 4.78 is 0. The molecule has 2 N–H and O–H groups in total. The maximum Gasteiger partial charge on any atom is 0.230 e. The molecule has 104 valence electrons. The first-order valence-corrected chi connectivity index (χ1v) is 6.79. The second-order valence-corrected chi connectivity index (χ2v) is 5.31. The van der Waals surface area contributed by atoms with Gasteiger partial charge in [-0.15, -0.1) is 0 Å². The predicted octanol–water partition coefficient (Wildman–Crippen LogP) is 1.14. The minimum Gasteiger partial charge on any atom is -0.388 e. The predicted molar refractivity (Wildman–Crippen MR) is 73.4 cm³/mol. The lowest BCUT2D eigenvalue weighted by molar-refractivity contribution is -0.137. The molecule has 0 spiro atoms. The Balaban J connectivity index is 1.90. The molecule has 2 atom stereocenters. The summed E-state index contributed by atoms with van der Waals surface area (Å²) in [7, 11) is 1.82. The van der Waals surface area contributed by atoms with Crippen molar-refractivity contribution in [2.24, 2.45) is 11.8 Å². The zero-order valence-electron chi connectivity index (χ0n) is 11.2. The van der Waals surface area contributed by atoms with Crippen molar-refractivity contribution in [3.8, 4) is 0 Å². The van der Waals surface area contributed by atoms with Gasteiger partial charge in [0.15, 0.2) is 5.78 Å². The number of piperidine rings is 1. The number of benzene rings is 1. The number of rotatable bonds is 2. The quantitative estimate of drug-likeness (QED) is 0.792. The molecule has 1 aliphatic carbocycles. The molecular weight excluding hydrogens is 256 g/mol. The topological polar surface area (TPSA) is 75.3 Å². The van der Waals surface area contributed by atoms with Crippen LogP contribution in [0.5, 0.6) is 0 Å². The summed E-state index contributed by atoms with van der Waals surface area (Å²) in [5, 5.41) is 5.42. The summed E-state index contributed by atoms with van der Waals surface area (Å²) in [5.74, 6) is -1.26. The van der Waals surface area contributed by atoms with Crippen molar-refractivity contribution in [3.63, 3.8) is 0 Å². The number of carbonyl (C=O) groups is 3. The normalized spacial score (nSPS) is 25.4. The molecule has 0 aromatic heterocycles. The fourth-order valence-corrected chi connectivity index (χ4v) is 3.20. The average Bonchev–Trinajstić information content (AvgIpc) is 2.76. The van der Waals surface area contributed by atoms with Crippen LogP contribution < -0.4 is 10.6 Å². The number of hydrogen-bond acceptors (Lipinski definition) is 4. The summed E-state index contributed by atoms with van der Waals surface area (Å²) in [4.78, 5) is 35.6. The molecule has 2 aliphatic rings. The lowest BCUT2D eigenvalue weighted by atomic mass is 9.83. The van der Waals surface area contributed by atoms with Crippen molar-refractivity contribution >= 4 is 23.3 Å². The second-order valence-electron chi connectivity index (χ2n) is 5.31. The van der Waals surface area contributed by atoms with Crippen LogP contribution in [0.4, 0.5) is 5.69 Å². The lowest BCUT2D eigenvalue weighted by Crippen LogP contribution is -2.44. The van der Waals surface area contributed by atoms with E-state index in [1.54, 1.807) is 0 Å². The molecule has 0 radical (unpaired) electrons. The Bertz CT molecular complexity index is 609. The standard InChI is InChI=1S/C15H16N2O3/c1-16-12-4-2-3-8-10(12)7-11(14(8)19)9-5-6-13(18)17-15(9)20/h2-4,9,11,16H,5-7H2,1H3,(H,17,18,20). The van der Waals surface area contributed by atoms with Gasteiger partial charge < -0.3 is 5.32 Å². The minimum absolute atomic E-state index is 0.0200. The second kappa shape index (κ2) is 4.74. The number of Topliss-reactive ketones (excluding diaryl/α,β-unsaturated/α-hetero) is 1. The molecule has 0 bridgehead atoms. The average molecular weight is 272 g/mol. The van der Waals surface area contributed by atoms with Gasteiger partial charge >= 0.3 is 0 Å². The molecule has 1 heterocycles. The number of amides is 2. The van der Waals surface area contributed by atoms with Crippen LogP contribution in [0.2, 0.25) is 0 Å². The van der Waals surface area contributed by atoms with E-state index < -0.39 is 5.92 Å². The van der Waals surface area contributed by atoms with Crippen molar-refractivity contribution < 1.29 is 14.4 Å². The van der Waals surface area contributed by atoms with Crippen LogP contribution >= 0.6 is 0 Å². The SMILES string of the molecule is CNc1cccc2c1CC(C1CCC(=O)NC1=O)C2=O. The van der Waals surface area contributed by atoms with Gasteiger partial charge in [0.25, 0.3) is 0 Å². The van der Waals surface area contributed by atoms with Gasteiger partial charge in [0.2, 0.25) is 11.8 Å². The van der Waals surface area contributed by atoms with Gasteiger partial charge in [-0.1, -0.05) is 12.1 Å². The third kappa shape index (κ3) is 1.90. The van der Waals surface area contributed by atoms with E-state index in [4.69, 9.17) is 0 Å². The Morgan fingerprint density at radius 3 is 2.70 bits per heavy atom. The Morgan fingerprint density at radius 2 is 2.00 bits per heavy atom. The van der Waals surface area contributed by atoms with Crippen molar-refractivity contribution in [2.45, 2.75) is 19.3 Å². The summed E-state index contributed by atoms with van der Waals surface area (Å²) in [5.41, 5.74) is 2.62. The minimum atomic E-state index is -0.391. The van der Waals surface area contributed by atoms with Gasteiger partial charge in [0, 0.05) is 36.6 Å². The molecule has 5 nitrogen and oxygen atoms in total. The molecule has 5 heteroatoms. The highest BCUT2D eigenvalue weighted by molar-refractivity contribution is 6.07. The number of hydrogen-bond donors (Lipinski definition) is 2. The fraction of sp³-hybridized carbons (Fsp3) is 0.400. The van der Waals surface area contributed by atoms with Crippen LogP contribution in [0.15, 0.2) is 18.2 Å². The molecule has 1 aromatic rings. The van der Waals surface area contributed by atoms with Gasteiger partial charge in [0.05, 0.1) is 0 Å². The number of imide groups is 1. The molecule has 2 unspecified atom stereocenters. The highest BCUT2D eigenvalue weighted by Crippen LogP contribution is 2.38. The van der Waals surface area contributed by atoms with Crippen LogP contribution in [-0.4, -0.2) is 24.6 Å². The van der Waals surface area contributed by atoms with Gasteiger partial charge in [-0.2, -0.15) is 0 Å². The maximum atomic E-state index is 12.5. The summed E-state index contributed by atoms with van der Waals surface area (Å²) in [6, 6.07) is 5.58. The first kappa shape index (κ1) is 12.8. The zero-order chi connectivity index (χ0) is 14.3. The molecule has 1 aliphatic heterocycles. The van der Waals surface area contributed by atoms with Gasteiger partial charge in [-0.3, -0.25) is 19.7 Å². The van der Waals surface area contributed by atoms with Crippen LogP contribution in [0.1, 0.15) is 28.8 Å². The van der Waals surface area contributed by atoms with Crippen LogP contribution in [0.25, 0.3) is 0 Å². The van der Waals surface area contributed by atoms with E-state index in [9.17, 15) is 14.4 Å². The number of nitrogens with one attached hydrogen (secondary N) is 2. The molecule has 1 fully saturated rings. The van der Waals surface area contributed by atoms with Crippen LogP contribution in [0.3, 0.4) is 0 Å². The molecule has 1 aromatic carbocycles. The third-order valence-corrected chi connectivity index (χ3v) is 4.24. The lowest BCUT2D eigenvalue weighted by Gasteiger charge is -2.24. The third-order valence-electron chi connectivity index (χ3n) is 4.24. The molecule has 3 rings (SSSR count).